The number of benzene rings is 1. The Morgan fingerprint density at radius 3 is 2.94 bits per heavy atom. The Labute approximate surface area is 119 Å². The summed E-state index contributed by atoms with van der Waals surface area (Å²) in [7, 11) is 3.11. The summed E-state index contributed by atoms with van der Waals surface area (Å²) < 4.78 is 10.9. The van der Waals surface area contributed by atoms with Crippen molar-refractivity contribution in [2.24, 2.45) is 0 Å². The predicted octanol–water partition coefficient (Wildman–Crippen LogP) is 4.86. The summed E-state index contributed by atoms with van der Waals surface area (Å²) in [4.78, 5) is 0. The molecule has 1 aliphatic carbocycles. The quantitative estimate of drug-likeness (QED) is 0.563. The first-order valence-corrected chi connectivity index (χ1v) is 8.92. The van der Waals surface area contributed by atoms with Crippen molar-refractivity contribution >= 4 is 30.4 Å². The number of hydrogen-bond donors (Lipinski definition) is 0. The molecule has 0 saturated carbocycles. The lowest BCUT2D eigenvalue weighted by Gasteiger charge is -2.22. The second-order valence-corrected chi connectivity index (χ2v) is 5.39. The van der Waals surface area contributed by atoms with E-state index in [0.29, 0.717) is 5.92 Å². The van der Waals surface area contributed by atoms with Crippen molar-refractivity contribution in [3.05, 3.63) is 41.7 Å². The minimum atomic E-state index is 0.415. The zero-order chi connectivity index (χ0) is 12.1. The van der Waals surface area contributed by atoms with Crippen LogP contribution in [0.15, 0.2) is 36.1 Å². The summed E-state index contributed by atoms with van der Waals surface area (Å²) in [6.45, 7) is 0. The fourth-order valence-electron chi connectivity index (χ4n) is 2.22. The van der Waals surface area contributed by atoms with Gasteiger partial charge in [0, 0.05) is 39.1 Å². The maximum Gasteiger partial charge on any atom is 0.127 e. The molecule has 1 atom stereocenters. The van der Waals surface area contributed by atoms with Gasteiger partial charge in [0.15, 0.2) is 0 Å². The molecule has 2 nitrogen and oxygen atoms in total. The maximum atomic E-state index is 5.53. The highest BCUT2D eigenvalue weighted by molar-refractivity contribution is 14.2. The topological polar surface area (TPSA) is 18.5 Å². The molecule has 0 heterocycles. The van der Waals surface area contributed by atoms with E-state index in [1.807, 2.05) is 12.1 Å². The zero-order valence-electron chi connectivity index (χ0n) is 9.69. The molecule has 0 fully saturated rings. The fourth-order valence-corrected chi connectivity index (χ4v) is 3.13. The van der Waals surface area contributed by atoms with Gasteiger partial charge in [0.25, 0.3) is 0 Å². The summed E-state index contributed by atoms with van der Waals surface area (Å²) in [5, 5.41) is 0. The molecule has 0 saturated heterocycles. The van der Waals surface area contributed by atoms with Crippen molar-refractivity contribution < 1.29 is 8.92 Å². The molecule has 1 aromatic carbocycles. The van der Waals surface area contributed by atoms with Gasteiger partial charge in [0.1, 0.15) is 20.7 Å². The van der Waals surface area contributed by atoms with Crippen LogP contribution in [-0.2, 0) is 4.18 Å². The molecule has 0 radical (unpaired) electrons. The van der Waals surface area contributed by atoms with Crippen LogP contribution >= 0.6 is 30.4 Å². The first-order chi connectivity index (χ1) is 8.35. The van der Waals surface area contributed by atoms with Crippen molar-refractivity contribution in [3.63, 3.8) is 0 Å². The summed E-state index contributed by atoms with van der Waals surface area (Å²) in [5.41, 5.74) is 1.26. The molecular weight excluding hydrogens is 347 g/mol. The van der Waals surface area contributed by atoms with Gasteiger partial charge in [-0.3, -0.25) is 0 Å². The van der Waals surface area contributed by atoms with E-state index in [-0.39, 0.29) is 0 Å². The number of halogens is 1. The van der Waals surface area contributed by atoms with E-state index >= 15 is 0 Å². The van der Waals surface area contributed by atoms with Gasteiger partial charge >= 0.3 is 0 Å². The summed E-state index contributed by atoms with van der Waals surface area (Å²) in [6, 6.07) is 8.23. The lowest BCUT2D eigenvalue weighted by atomic mass is 9.88. The molecule has 1 aliphatic rings. The van der Waals surface area contributed by atoms with Crippen molar-refractivity contribution in [2.75, 3.05) is 7.11 Å². The van der Waals surface area contributed by atoms with Crippen molar-refractivity contribution in [1.29, 1.82) is 0 Å². The molecule has 1 aromatic rings. The average Bonchev–Trinajstić information content (AvgIpc) is 2.39. The Morgan fingerprint density at radius 2 is 2.18 bits per heavy atom. The summed E-state index contributed by atoms with van der Waals surface area (Å²) in [5.74, 6) is 2.47. The Bertz CT molecular complexity index is 406. The highest BCUT2D eigenvalue weighted by Crippen LogP contribution is 2.37. The van der Waals surface area contributed by atoms with Crippen molar-refractivity contribution in [2.45, 2.75) is 25.2 Å². The van der Waals surface area contributed by atoms with Crippen molar-refractivity contribution in [3.8, 4) is 5.75 Å². The molecule has 0 amide bonds. The van der Waals surface area contributed by atoms with E-state index in [1.54, 1.807) is 7.11 Å². The Kier molecular flexibility index (Phi) is 5.03. The third kappa shape index (κ3) is 3.31. The Hall–Kier alpha value is -0.360. The molecule has 0 N–H and O–H groups in total. The van der Waals surface area contributed by atoms with Crippen LogP contribution in [0.1, 0.15) is 30.7 Å². The second kappa shape index (κ2) is 6.54. The largest absolute Gasteiger partial charge is 0.496 e. The Morgan fingerprint density at radius 1 is 1.35 bits per heavy atom. The van der Waals surface area contributed by atoms with Gasteiger partial charge < -0.3 is 8.92 Å². The van der Waals surface area contributed by atoms with Crippen LogP contribution in [0, 0.1) is 0 Å². The third-order valence-electron chi connectivity index (χ3n) is 3.00. The van der Waals surface area contributed by atoms with Gasteiger partial charge in [0.05, 0.1) is 7.11 Å². The third-order valence-corrected chi connectivity index (χ3v) is 3.82. The van der Waals surface area contributed by atoms with Gasteiger partial charge in [-0.15, -0.1) is 0 Å². The standard InChI is InChI=1S/C13H15IO2S/c1-15-13-8-3-2-7-12(13)10-5-4-6-11(9-10)16-17-14/h2-3,7-10H,4-6H2,1H3. The number of hydrogen-bond acceptors (Lipinski definition) is 3. The normalized spacial score (nSPS) is 19.6. The molecule has 1 unspecified atom stereocenters. The van der Waals surface area contributed by atoms with E-state index in [0.717, 1.165) is 17.9 Å². The van der Waals surface area contributed by atoms with E-state index in [4.69, 9.17) is 8.92 Å². The number of para-hydroxylation sites is 1. The lowest BCUT2D eigenvalue weighted by molar-refractivity contribution is 0.399. The average molecular weight is 362 g/mol. The van der Waals surface area contributed by atoms with Crippen LogP contribution in [-0.4, -0.2) is 7.11 Å². The fraction of sp³-hybridized carbons (Fsp3) is 0.385. The molecule has 0 aliphatic heterocycles. The second-order valence-electron chi connectivity index (χ2n) is 4.02. The van der Waals surface area contributed by atoms with E-state index in [1.165, 1.54) is 27.6 Å². The van der Waals surface area contributed by atoms with Crippen LogP contribution in [0.25, 0.3) is 0 Å². The van der Waals surface area contributed by atoms with Crippen molar-refractivity contribution in [1.82, 2.24) is 0 Å². The predicted molar refractivity (Wildman–Crippen MR) is 80.4 cm³/mol. The van der Waals surface area contributed by atoms with Crippen LogP contribution in [0.3, 0.4) is 0 Å². The molecular formula is C13H15IO2S. The zero-order valence-corrected chi connectivity index (χ0v) is 12.7. The first kappa shape index (κ1) is 13.1. The SMILES string of the molecule is COc1ccccc1C1C=C(OSI)CCC1. The molecule has 17 heavy (non-hydrogen) atoms. The molecule has 0 bridgehead atoms. The van der Waals surface area contributed by atoms with Gasteiger partial charge in [-0.25, -0.2) is 0 Å². The van der Waals surface area contributed by atoms with Crippen LogP contribution in [0.4, 0.5) is 0 Å². The van der Waals surface area contributed by atoms with Crippen LogP contribution in [0.2, 0.25) is 0 Å². The van der Waals surface area contributed by atoms with Gasteiger partial charge in [0.2, 0.25) is 0 Å². The van der Waals surface area contributed by atoms with E-state index in [2.05, 4.69) is 39.4 Å². The maximum absolute atomic E-state index is 5.53. The smallest absolute Gasteiger partial charge is 0.127 e. The van der Waals surface area contributed by atoms with Crippen LogP contribution in [0.5, 0.6) is 5.75 Å². The van der Waals surface area contributed by atoms with E-state index < -0.39 is 0 Å². The number of methoxy groups -OCH3 is 1. The molecule has 0 spiro atoms. The van der Waals surface area contributed by atoms with E-state index in [9.17, 15) is 0 Å². The van der Waals surface area contributed by atoms with Gasteiger partial charge in [-0.1, -0.05) is 18.2 Å². The Balaban J connectivity index is 2.24. The van der Waals surface area contributed by atoms with Crippen LogP contribution < -0.4 is 4.74 Å². The lowest BCUT2D eigenvalue weighted by Crippen LogP contribution is -2.05. The monoisotopic (exact) mass is 362 g/mol. The van der Waals surface area contributed by atoms with Gasteiger partial charge in [-0.05, 0) is 25.0 Å². The first-order valence-electron chi connectivity index (χ1n) is 5.64. The number of allylic oxidation sites excluding steroid dienone is 2. The number of rotatable bonds is 4. The minimum absolute atomic E-state index is 0.415. The molecule has 4 heteroatoms. The highest BCUT2D eigenvalue weighted by atomic mass is 127. The molecule has 2 rings (SSSR count). The summed E-state index contributed by atoms with van der Waals surface area (Å²) in [6.07, 6.45) is 5.61. The van der Waals surface area contributed by atoms with Gasteiger partial charge in [-0.2, -0.15) is 0 Å². The molecule has 92 valence electrons. The summed E-state index contributed by atoms with van der Waals surface area (Å²) >= 11 is 2.15. The highest BCUT2D eigenvalue weighted by Gasteiger charge is 2.19. The molecule has 0 aromatic heterocycles. The minimum Gasteiger partial charge on any atom is -0.496 e. The number of ether oxygens (including phenoxy) is 1.